The molecule has 0 radical (unpaired) electrons. The number of ether oxygens (including phenoxy) is 1. The van der Waals surface area contributed by atoms with Crippen LogP contribution in [0, 0.1) is 0 Å². The zero-order valence-corrected chi connectivity index (χ0v) is 16.1. The van der Waals surface area contributed by atoms with Crippen molar-refractivity contribution in [2.75, 3.05) is 12.9 Å². The van der Waals surface area contributed by atoms with E-state index in [4.69, 9.17) is 9.72 Å². The van der Waals surface area contributed by atoms with Gasteiger partial charge < -0.3 is 4.74 Å². The van der Waals surface area contributed by atoms with Crippen LogP contribution in [0.15, 0.2) is 70.6 Å². The molecule has 0 N–H and O–H groups in total. The maximum atomic E-state index is 12.8. The van der Waals surface area contributed by atoms with Gasteiger partial charge in [0.25, 0.3) is 5.56 Å². The molecule has 0 spiro atoms. The average molecular weight is 376 g/mol. The summed E-state index contributed by atoms with van der Waals surface area (Å²) in [5.41, 5.74) is 1.99. The predicted octanol–water partition coefficient (Wildman–Crippen LogP) is 4.43. The first-order valence-electron chi connectivity index (χ1n) is 8.81. The topological polar surface area (TPSA) is 44.1 Å². The zero-order chi connectivity index (χ0) is 18.8. The lowest BCUT2D eigenvalue weighted by Crippen LogP contribution is -2.20. The summed E-state index contributed by atoms with van der Waals surface area (Å²) in [6.45, 7) is 0. The first kappa shape index (κ1) is 17.6. The second-order valence-electron chi connectivity index (χ2n) is 6.42. The summed E-state index contributed by atoms with van der Waals surface area (Å²) < 4.78 is 6.84. The Kier molecular flexibility index (Phi) is 4.86. The maximum absolute atomic E-state index is 12.8. The SMILES string of the molecule is COc1ccc(CCSc2nc3cc4ccccc4cc3c(=O)n2C)cc1. The van der Waals surface area contributed by atoms with Crippen LogP contribution in [-0.2, 0) is 13.5 Å². The molecule has 1 aromatic heterocycles. The Morgan fingerprint density at radius 2 is 1.74 bits per heavy atom. The van der Waals surface area contributed by atoms with E-state index in [0.29, 0.717) is 5.39 Å². The Morgan fingerprint density at radius 1 is 1.04 bits per heavy atom. The van der Waals surface area contributed by atoms with Gasteiger partial charge in [-0.15, -0.1) is 0 Å². The number of rotatable bonds is 5. The maximum Gasteiger partial charge on any atom is 0.261 e. The summed E-state index contributed by atoms with van der Waals surface area (Å²) in [6.07, 6.45) is 0.903. The fraction of sp³-hybridized carbons (Fsp3) is 0.182. The Morgan fingerprint density at radius 3 is 2.44 bits per heavy atom. The molecule has 136 valence electrons. The third-order valence-electron chi connectivity index (χ3n) is 4.68. The van der Waals surface area contributed by atoms with Crippen molar-refractivity contribution in [3.8, 4) is 5.75 Å². The highest BCUT2D eigenvalue weighted by atomic mass is 32.2. The molecule has 0 saturated carbocycles. The molecule has 0 atom stereocenters. The zero-order valence-electron chi connectivity index (χ0n) is 15.3. The van der Waals surface area contributed by atoms with Gasteiger partial charge in [0.2, 0.25) is 0 Å². The third-order valence-corrected chi connectivity index (χ3v) is 5.71. The van der Waals surface area contributed by atoms with Crippen LogP contribution in [0.2, 0.25) is 0 Å². The molecule has 3 aromatic carbocycles. The molecule has 5 heteroatoms. The minimum absolute atomic E-state index is 0.00213. The number of hydrogen-bond acceptors (Lipinski definition) is 4. The van der Waals surface area contributed by atoms with E-state index in [1.165, 1.54) is 5.56 Å². The van der Waals surface area contributed by atoms with E-state index in [9.17, 15) is 4.79 Å². The van der Waals surface area contributed by atoms with E-state index < -0.39 is 0 Å². The van der Waals surface area contributed by atoms with Crippen LogP contribution in [0.5, 0.6) is 5.75 Å². The van der Waals surface area contributed by atoms with Crippen molar-refractivity contribution in [3.63, 3.8) is 0 Å². The molecular formula is C22H20N2O2S. The summed E-state index contributed by atoms with van der Waals surface area (Å²) >= 11 is 1.61. The van der Waals surface area contributed by atoms with Crippen LogP contribution in [-0.4, -0.2) is 22.4 Å². The number of benzene rings is 3. The van der Waals surface area contributed by atoms with Crippen molar-refractivity contribution in [1.82, 2.24) is 9.55 Å². The standard InChI is InChI=1S/C22H20N2O2S/c1-24-21(25)19-13-16-5-3-4-6-17(16)14-20(19)23-22(24)27-12-11-15-7-9-18(26-2)10-8-15/h3-10,13-14H,11-12H2,1-2H3. The third kappa shape index (κ3) is 3.55. The van der Waals surface area contributed by atoms with Crippen molar-refractivity contribution >= 4 is 33.4 Å². The fourth-order valence-electron chi connectivity index (χ4n) is 3.12. The second-order valence-corrected chi connectivity index (χ2v) is 7.48. The number of nitrogens with zero attached hydrogens (tertiary/aromatic N) is 2. The summed E-state index contributed by atoms with van der Waals surface area (Å²) in [5.74, 6) is 1.71. The molecule has 0 bridgehead atoms. The van der Waals surface area contributed by atoms with Crippen LogP contribution >= 0.6 is 11.8 Å². The van der Waals surface area contributed by atoms with Crippen LogP contribution in [0.1, 0.15) is 5.56 Å². The molecule has 0 aliphatic carbocycles. The van der Waals surface area contributed by atoms with Gasteiger partial charge in [0, 0.05) is 12.8 Å². The minimum atomic E-state index is -0.00213. The molecule has 0 aliphatic rings. The first-order chi connectivity index (χ1) is 13.2. The molecule has 4 rings (SSSR count). The highest BCUT2D eigenvalue weighted by molar-refractivity contribution is 7.99. The molecule has 0 unspecified atom stereocenters. The van der Waals surface area contributed by atoms with E-state index in [1.807, 2.05) is 48.5 Å². The predicted molar refractivity (Wildman–Crippen MR) is 112 cm³/mol. The Labute approximate surface area is 161 Å². The molecule has 0 amide bonds. The van der Waals surface area contributed by atoms with Crippen molar-refractivity contribution in [2.24, 2.45) is 7.05 Å². The van der Waals surface area contributed by atoms with Crippen molar-refractivity contribution in [1.29, 1.82) is 0 Å². The molecule has 0 fully saturated rings. The fourth-order valence-corrected chi connectivity index (χ4v) is 4.08. The summed E-state index contributed by atoms with van der Waals surface area (Å²) in [4.78, 5) is 17.5. The van der Waals surface area contributed by atoms with Gasteiger partial charge in [-0.2, -0.15) is 0 Å². The van der Waals surface area contributed by atoms with Crippen molar-refractivity contribution in [2.45, 2.75) is 11.6 Å². The van der Waals surface area contributed by atoms with Crippen molar-refractivity contribution in [3.05, 3.63) is 76.6 Å². The molecule has 4 aromatic rings. The van der Waals surface area contributed by atoms with Gasteiger partial charge in [0.1, 0.15) is 5.75 Å². The number of aromatic nitrogens is 2. The molecule has 0 saturated heterocycles. The monoisotopic (exact) mass is 376 g/mol. The molecule has 1 heterocycles. The largest absolute Gasteiger partial charge is 0.497 e. The lowest BCUT2D eigenvalue weighted by molar-refractivity contribution is 0.414. The summed E-state index contributed by atoms with van der Waals surface area (Å²) in [7, 11) is 3.46. The van der Waals surface area contributed by atoms with Crippen LogP contribution in [0.4, 0.5) is 0 Å². The van der Waals surface area contributed by atoms with Gasteiger partial charge in [0.05, 0.1) is 18.0 Å². The normalized spacial score (nSPS) is 11.2. The van der Waals surface area contributed by atoms with E-state index in [0.717, 1.165) is 39.4 Å². The quantitative estimate of drug-likeness (QED) is 0.294. The number of hydrogen-bond donors (Lipinski definition) is 0. The van der Waals surface area contributed by atoms with Crippen LogP contribution < -0.4 is 10.3 Å². The lowest BCUT2D eigenvalue weighted by Gasteiger charge is -2.10. The Hall–Kier alpha value is -2.79. The highest BCUT2D eigenvalue weighted by Crippen LogP contribution is 2.23. The van der Waals surface area contributed by atoms with E-state index in [2.05, 4.69) is 12.1 Å². The van der Waals surface area contributed by atoms with Gasteiger partial charge in [-0.05, 0) is 47.0 Å². The number of methoxy groups -OCH3 is 1. The second kappa shape index (κ2) is 7.45. The summed E-state index contributed by atoms with van der Waals surface area (Å²) in [5, 5.41) is 3.57. The van der Waals surface area contributed by atoms with Crippen LogP contribution in [0.3, 0.4) is 0 Å². The van der Waals surface area contributed by atoms with Gasteiger partial charge >= 0.3 is 0 Å². The highest BCUT2D eigenvalue weighted by Gasteiger charge is 2.10. The number of aryl methyl sites for hydroxylation is 1. The van der Waals surface area contributed by atoms with Crippen LogP contribution in [0.25, 0.3) is 21.7 Å². The Bertz CT molecular complexity index is 1170. The van der Waals surface area contributed by atoms with Gasteiger partial charge in [-0.1, -0.05) is 48.2 Å². The molecule has 27 heavy (non-hydrogen) atoms. The van der Waals surface area contributed by atoms with Gasteiger partial charge in [-0.25, -0.2) is 4.98 Å². The van der Waals surface area contributed by atoms with E-state index in [1.54, 1.807) is 30.5 Å². The van der Waals surface area contributed by atoms with E-state index >= 15 is 0 Å². The first-order valence-corrected chi connectivity index (χ1v) is 9.79. The average Bonchev–Trinajstić information content (AvgIpc) is 2.71. The van der Waals surface area contributed by atoms with Crippen molar-refractivity contribution < 1.29 is 4.74 Å². The van der Waals surface area contributed by atoms with Gasteiger partial charge in [-0.3, -0.25) is 9.36 Å². The minimum Gasteiger partial charge on any atom is -0.497 e. The number of fused-ring (bicyclic) bond motifs is 2. The van der Waals surface area contributed by atoms with Gasteiger partial charge in [0.15, 0.2) is 5.16 Å². The molecule has 0 aliphatic heterocycles. The smallest absolute Gasteiger partial charge is 0.261 e. The Balaban J connectivity index is 1.60. The molecule has 4 nitrogen and oxygen atoms in total. The molecular weight excluding hydrogens is 356 g/mol. The number of thioether (sulfide) groups is 1. The van der Waals surface area contributed by atoms with E-state index in [-0.39, 0.29) is 5.56 Å². The lowest BCUT2D eigenvalue weighted by atomic mass is 10.1. The summed E-state index contributed by atoms with van der Waals surface area (Å²) in [6, 6.07) is 20.1.